The lowest BCUT2D eigenvalue weighted by atomic mass is 10.0. The van der Waals surface area contributed by atoms with Crippen LogP contribution in [0.4, 0.5) is 25.2 Å². The molecule has 0 bridgehead atoms. The molecule has 2 fully saturated rings. The summed E-state index contributed by atoms with van der Waals surface area (Å²) in [5.41, 5.74) is 3.06. The molecule has 1 aliphatic heterocycles. The van der Waals surface area contributed by atoms with Crippen LogP contribution in [0.5, 0.6) is 11.6 Å². The topological polar surface area (TPSA) is 112 Å². The molecule has 2 aromatic heterocycles. The smallest absolute Gasteiger partial charge is 0.407 e. The van der Waals surface area contributed by atoms with Crippen molar-refractivity contribution in [1.82, 2.24) is 19.9 Å². The van der Waals surface area contributed by atoms with Gasteiger partial charge in [-0.05, 0) is 56.0 Å². The average molecular weight is 575 g/mol. The molecule has 1 amide bonds. The van der Waals surface area contributed by atoms with E-state index in [1.165, 1.54) is 4.90 Å². The van der Waals surface area contributed by atoms with Gasteiger partial charge in [-0.2, -0.15) is 0 Å². The van der Waals surface area contributed by atoms with Gasteiger partial charge < -0.3 is 25.4 Å². The second-order valence-corrected chi connectivity index (χ2v) is 10.9. The van der Waals surface area contributed by atoms with Crippen LogP contribution in [0.25, 0.3) is 22.0 Å². The van der Waals surface area contributed by atoms with Crippen LogP contribution in [0.1, 0.15) is 31.2 Å². The Balaban J connectivity index is 1.24. The quantitative estimate of drug-likeness (QED) is 0.200. The number of piperidine rings is 1. The number of likely N-dealkylation sites (tertiary alicyclic amines) is 1. The van der Waals surface area contributed by atoms with Gasteiger partial charge in [-0.25, -0.2) is 28.5 Å². The van der Waals surface area contributed by atoms with Crippen LogP contribution in [-0.2, 0) is 0 Å². The number of halogens is 2. The van der Waals surface area contributed by atoms with Crippen molar-refractivity contribution in [1.29, 1.82) is 0 Å². The van der Waals surface area contributed by atoms with Crippen molar-refractivity contribution in [2.75, 3.05) is 30.3 Å². The Labute approximate surface area is 242 Å². The largest absolute Gasteiger partial charge is 0.465 e. The summed E-state index contributed by atoms with van der Waals surface area (Å²) in [4.78, 5) is 26.4. The first-order chi connectivity index (χ1) is 20.3. The molecule has 0 spiro atoms. The maximum absolute atomic E-state index is 13.3. The molecule has 1 saturated heterocycles. The Hall–Kier alpha value is -4.54. The molecular formula is C31H32F2N6O3. The number of anilines is 2. The number of pyridine rings is 1. The van der Waals surface area contributed by atoms with Crippen molar-refractivity contribution in [3.05, 3.63) is 66.5 Å². The lowest BCUT2D eigenvalue weighted by molar-refractivity contribution is 0.0978. The molecule has 2 aromatic carbocycles. The van der Waals surface area contributed by atoms with E-state index in [9.17, 15) is 18.7 Å². The molecule has 3 heterocycles. The van der Waals surface area contributed by atoms with Gasteiger partial charge >= 0.3 is 6.09 Å². The first-order valence-corrected chi connectivity index (χ1v) is 14.1. The van der Waals surface area contributed by atoms with Gasteiger partial charge in [-0.1, -0.05) is 24.3 Å². The van der Waals surface area contributed by atoms with Crippen molar-refractivity contribution in [3.8, 4) is 22.9 Å². The van der Waals surface area contributed by atoms with Gasteiger partial charge in [0.25, 0.3) is 5.92 Å². The SMILES string of the molecule is Cc1ccc2c(NCC[C@H]3CC3(F)F)cccc2c1Oc1ncccc1-c1ccnc(NC2CCCN(C(=O)O)C2)n1. The third kappa shape index (κ3) is 5.90. The highest BCUT2D eigenvalue weighted by molar-refractivity contribution is 5.98. The molecule has 3 N–H and O–H groups in total. The average Bonchev–Trinajstić information content (AvgIpc) is 3.60. The number of aromatic nitrogens is 3. The zero-order valence-electron chi connectivity index (χ0n) is 23.2. The van der Waals surface area contributed by atoms with Crippen molar-refractivity contribution in [2.45, 2.75) is 44.6 Å². The molecule has 42 heavy (non-hydrogen) atoms. The van der Waals surface area contributed by atoms with E-state index in [1.807, 2.05) is 49.4 Å². The minimum atomic E-state index is -2.52. The molecule has 1 saturated carbocycles. The van der Waals surface area contributed by atoms with Gasteiger partial charge in [-0.3, -0.25) is 0 Å². The molecule has 2 atom stereocenters. The molecule has 1 aliphatic carbocycles. The minimum absolute atomic E-state index is 0.0262. The first-order valence-electron chi connectivity index (χ1n) is 14.1. The number of ether oxygens (including phenoxy) is 1. The lowest BCUT2D eigenvalue weighted by Crippen LogP contribution is -2.44. The highest BCUT2D eigenvalue weighted by Gasteiger charge is 2.55. The van der Waals surface area contributed by atoms with Crippen LogP contribution in [0.3, 0.4) is 0 Å². The minimum Gasteiger partial charge on any atom is -0.465 e. The second kappa shape index (κ2) is 11.4. The maximum Gasteiger partial charge on any atom is 0.407 e. The second-order valence-electron chi connectivity index (χ2n) is 10.9. The van der Waals surface area contributed by atoms with Gasteiger partial charge in [0, 0.05) is 66.9 Å². The third-order valence-corrected chi connectivity index (χ3v) is 7.90. The van der Waals surface area contributed by atoms with E-state index in [4.69, 9.17) is 9.72 Å². The number of rotatable bonds is 9. The number of carboxylic acid groups (broad SMARTS) is 1. The molecule has 218 valence electrons. The molecule has 4 aromatic rings. The molecule has 6 rings (SSSR count). The maximum atomic E-state index is 13.3. The highest BCUT2D eigenvalue weighted by Crippen LogP contribution is 2.50. The number of carbonyl (C=O) groups is 1. The monoisotopic (exact) mass is 574 g/mol. The van der Waals surface area contributed by atoms with Crippen LogP contribution >= 0.6 is 0 Å². The number of nitrogens with one attached hydrogen (secondary N) is 2. The summed E-state index contributed by atoms with van der Waals surface area (Å²) < 4.78 is 33.1. The van der Waals surface area contributed by atoms with E-state index in [1.54, 1.807) is 18.5 Å². The zero-order valence-corrected chi connectivity index (χ0v) is 23.2. The number of alkyl halides is 2. The van der Waals surface area contributed by atoms with Crippen LogP contribution in [0.15, 0.2) is 60.9 Å². The number of aryl methyl sites for hydroxylation is 1. The van der Waals surface area contributed by atoms with Crippen molar-refractivity contribution in [2.24, 2.45) is 5.92 Å². The zero-order chi connectivity index (χ0) is 29.3. The number of hydrogen-bond acceptors (Lipinski definition) is 7. The molecule has 1 unspecified atom stereocenters. The Bertz CT molecular complexity index is 1620. The summed E-state index contributed by atoms with van der Waals surface area (Å²) >= 11 is 0. The van der Waals surface area contributed by atoms with Crippen molar-refractivity contribution in [3.63, 3.8) is 0 Å². The molecule has 11 heteroatoms. The van der Waals surface area contributed by atoms with E-state index in [-0.39, 0.29) is 12.5 Å². The van der Waals surface area contributed by atoms with E-state index in [0.29, 0.717) is 54.9 Å². The summed E-state index contributed by atoms with van der Waals surface area (Å²) in [5, 5.41) is 17.8. The Morgan fingerprint density at radius 3 is 2.79 bits per heavy atom. The summed E-state index contributed by atoms with van der Waals surface area (Å²) in [6, 6.07) is 15.2. The molecule has 9 nitrogen and oxygen atoms in total. The van der Waals surface area contributed by atoms with Gasteiger partial charge in [0.15, 0.2) is 0 Å². The van der Waals surface area contributed by atoms with Crippen molar-refractivity contribution >= 4 is 28.5 Å². The van der Waals surface area contributed by atoms with Crippen molar-refractivity contribution < 1.29 is 23.4 Å². The summed E-state index contributed by atoms with van der Waals surface area (Å²) in [6.45, 7) is 3.32. The Morgan fingerprint density at radius 1 is 1.12 bits per heavy atom. The van der Waals surface area contributed by atoms with Gasteiger partial charge in [0.05, 0.1) is 11.3 Å². The van der Waals surface area contributed by atoms with E-state index in [0.717, 1.165) is 34.9 Å². The number of benzene rings is 2. The van der Waals surface area contributed by atoms with E-state index >= 15 is 0 Å². The van der Waals surface area contributed by atoms with Crippen LogP contribution in [0, 0.1) is 12.8 Å². The molecular weight excluding hydrogens is 542 g/mol. The van der Waals surface area contributed by atoms with Crippen LogP contribution in [0.2, 0.25) is 0 Å². The summed E-state index contributed by atoms with van der Waals surface area (Å²) in [6.07, 6.45) is 4.36. The van der Waals surface area contributed by atoms with Crippen LogP contribution in [-0.4, -0.2) is 62.7 Å². The predicted molar refractivity (Wildman–Crippen MR) is 156 cm³/mol. The number of amides is 1. The predicted octanol–water partition coefficient (Wildman–Crippen LogP) is 6.80. The van der Waals surface area contributed by atoms with Crippen LogP contribution < -0.4 is 15.4 Å². The number of fused-ring (bicyclic) bond motifs is 1. The molecule has 0 radical (unpaired) electrons. The fourth-order valence-corrected chi connectivity index (χ4v) is 5.49. The Kier molecular flexibility index (Phi) is 7.49. The lowest BCUT2D eigenvalue weighted by Gasteiger charge is -2.31. The number of hydrogen-bond donors (Lipinski definition) is 3. The van der Waals surface area contributed by atoms with Gasteiger partial charge in [0.2, 0.25) is 11.8 Å². The third-order valence-electron chi connectivity index (χ3n) is 7.90. The van der Waals surface area contributed by atoms with E-state index in [2.05, 4.69) is 20.6 Å². The van der Waals surface area contributed by atoms with Gasteiger partial charge in [-0.15, -0.1) is 0 Å². The summed E-state index contributed by atoms with van der Waals surface area (Å²) in [5.74, 6) is -1.63. The fourth-order valence-electron chi connectivity index (χ4n) is 5.49. The Morgan fingerprint density at radius 2 is 1.98 bits per heavy atom. The summed E-state index contributed by atoms with van der Waals surface area (Å²) in [7, 11) is 0. The number of nitrogens with zero attached hydrogens (tertiary/aromatic N) is 4. The molecule has 2 aliphatic rings. The van der Waals surface area contributed by atoms with E-state index < -0.39 is 17.9 Å². The highest BCUT2D eigenvalue weighted by atomic mass is 19.3. The normalized spacial score (nSPS) is 19.4. The fraction of sp³-hybridized carbons (Fsp3) is 0.355. The standard InChI is InChI=1S/C31H32F2N6O3/c1-19-9-10-22-23(6-2-8-25(22)34-14-11-20-17-31(20,32)33)27(19)42-28-24(7-3-13-35-28)26-12-15-36-29(38-26)37-21-5-4-16-39(18-21)30(40)41/h2-3,6-10,12-13,15,20-21,34H,4-5,11,14,16-18H2,1H3,(H,40,41)(H,36,37,38)/t20-,21?/m0/s1. The van der Waals surface area contributed by atoms with Gasteiger partial charge in [0.1, 0.15) is 5.75 Å². The first kappa shape index (κ1) is 27.6.